The van der Waals surface area contributed by atoms with Crippen LogP contribution in [0.15, 0.2) is 53.4 Å². The Balaban J connectivity index is 2.18. The van der Waals surface area contributed by atoms with Crippen molar-refractivity contribution in [2.24, 2.45) is 0 Å². The lowest BCUT2D eigenvalue weighted by atomic mass is 10.1. The number of carbonyl (C=O) groups is 1. The van der Waals surface area contributed by atoms with Crippen LogP contribution in [0.2, 0.25) is 0 Å². The fourth-order valence-corrected chi connectivity index (χ4v) is 3.31. The predicted octanol–water partition coefficient (Wildman–Crippen LogP) is 2.09. The average Bonchev–Trinajstić information content (AvgIpc) is 2.57. The van der Waals surface area contributed by atoms with Crippen molar-refractivity contribution in [2.45, 2.75) is 11.8 Å². The fourth-order valence-electron chi connectivity index (χ4n) is 2.17. The number of nitrogens with one attached hydrogen (secondary N) is 2. The van der Waals surface area contributed by atoms with Gasteiger partial charge in [0.15, 0.2) is 0 Å². The summed E-state index contributed by atoms with van der Waals surface area (Å²) in [4.78, 5) is 14.4. The van der Waals surface area contributed by atoms with E-state index in [0.29, 0.717) is 17.8 Å². The molecule has 0 radical (unpaired) electrons. The molecule has 2 aromatic rings. The molecule has 0 atom stereocenters. The molecule has 2 aromatic carbocycles. The van der Waals surface area contributed by atoms with Crippen LogP contribution in [0.1, 0.15) is 15.9 Å². The van der Waals surface area contributed by atoms with Gasteiger partial charge in [-0.2, -0.15) is 0 Å². The van der Waals surface area contributed by atoms with E-state index in [1.807, 2.05) is 19.0 Å². The van der Waals surface area contributed by atoms with Crippen LogP contribution in [0.25, 0.3) is 0 Å². The average molecular weight is 361 g/mol. The minimum atomic E-state index is -3.69. The van der Waals surface area contributed by atoms with Gasteiger partial charge in [-0.05, 0) is 50.8 Å². The first-order valence-electron chi connectivity index (χ1n) is 7.91. The molecule has 2 N–H and O–H groups in total. The van der Waals surface area contributed by atoms with Crippen molar-refractivity contribution in [1.82, 2.24) is 10.2 Å². The molecule has 0 spiro atoms. The number of hydrogen-bond acceptors (Lipinski definition) is 4. The zero-order valence-corrected chi connectivity index (χ0v) is 15.4. The molecule has 0 fully saturated rings. The van der Waals surface area contributed by atoms with Gasteiger partial charge in [0.25, 0.3) is 15.9 Å². The van der Waals surface area contributed by atoms with Crippen LogP contribution in [-0.4, -0.2) is 46.4 Å². The summed E-state index contributed by atoms with van der Waals surface area (Å²) in [7, 11) is 0.155. The first-order valence-corrected chi connectivity index (χ1v) is 9.39. The van der Waals surface area contributed by atoms with Crippen molar-refractivity contribution in [2.75, 3.05) is 31.9 Å². The van der Waals surface area contributed by atoms with E-state index < -0.39 is 10.0 Å². The Labute approximate surface area is 148 Å². The molecule has 25 heavy (non-hydrogen) atoms. The van der Waals surface area contributed by atoms with Crippen molar-refractivity contribution in [3.05, 3.63) is 59.7 Å². The lowest BCUT2D eigenvalue weighted by Gasteiger charge is -2.13. The lowest BCUT2D eigenvalue weighted by molar-refractivity contribution is 0.0951. The highest BCUT2D eigenvalue weighted by atomic mass is 32.2. The summed E-state index contributed by atoms with van der Waals surface area (Å²) in [6.07, 6.45) is 0. The summed E-state index contributed by atoms with van der Waals surface area (Å²) in [5.74, 6) is -0.234. The molecule has 6 nitrogen and oxygen atoms in total. The molecule has 7 heteroatoms. The maximum absolute atomic E-state index is 12.5. The third kappa shape index (κ3) is 5.30. The zero-order valence-electron chi connectivity index (χ0n) is 14.6. The zero-order chi connectivity index (χ0) is 18.4. The number of carbonyl (C=O) groups excluding carboxylic acids is 1. The summed E-state index contributed by atoms with van der Waals surface area (Å²) in [6.45, 7) is 3.03. The minimum Gasteiger partial charge on any atom is -0.351 e. The smallest absolute Gasteiger partial charge is 0.261 e. The van der Waals surface area contributed by atoms with Crippen LogP contribution in [0.4, 0.5) is 5.69 Å². The quantitative estimate of drug-likeness (QED) is 0.791. The maximum atomic E-state index is 12.5. The molecule has 0 aliphatic rings. The number of nitrogens with zero attached hydrogens (tertiary/aromatic N) is 1. The minimum absolute atomic E-state index is 0.176. The number of amides is 1. The molecule has 0 unspecified atom stereocenters. The van der Waals surface area contributed by atoms with Gasteiger partial charge in [0.2, 0.25) is 0 Å². The molecule has 0 bridgehead atoms. The molecule has 2 rings (SSSR count). The summed E-state index contributed by atoms with van der Waals surface area (Å²) in [6, 6.07) is 13.1. The third-order valence-electron chi connectivity index (χ3n) is 3.64. The second-order valence-corrected chi connectivity index (χ2v) is 7.69. The van der Waals surface area contributed by atoms with Crippen LogP contribution in [-0.2, 0) is 10.0 Å². The molecule has 134 valence electrons. The highest BCUT2D eigenvalue weighted by Gasteiger charge is 2.16. The van der Waals surface area contributed by atoms with Gasteiger partial charge in [0, 0.05) is 18.7 Å². The van der Waals surface area contributed by atoms with Gasteiger partial charge in [-0.1, -0.05) is 24.3 Å². The second kappa shape index (κ2) is 8.13. The number of anilines is 1. The van der Waals surface area contributed by atoms with Gasteiger partial charge < -0.3 is 10.2 Å². The molecule has 0 aliphatic carbocycles. The van der Waals surface area contributed by atoms with Gasteiger partial charge in [0.05, 0.1) is 10.6 Å². The van der Waals surface area contributed by atoms with Crippen LogP contribution in [0, 0.1) is 6.92 Å². The van der Waals surface area contributed by atoms with Crippen LogP contribution < -0.4 is 10.0 Å². The summed E-state index contributed by atoms with van der Waals surface area (Å²) in [5.41, 5.74) is 1.54. The van der Waals surface area contributed by atoms with E-state index >= 15 is 0 Å². The third-order valence-corrected chi connectivity index (χ3v) is 5.02. The Morgan fingerprint density at radius 3 is 2.40 bits per heavy atom. The standard InChI is InChI=1S/C18H23N3O3S/c1-14-9-10-15(18(22)19-11-12-21(2)3)13-17(14)20-25(23,24)16-7-5-4-6-8-16/h4-10,13,20H,11-12H2,1-3H3,(H,19,22). The Morgan fingerprint density at radius 2 is 1.76 bits per heavy atom. The molecule has 1 amide bonds. The topological polar surface area (TPSA) is 78.5 Å². The monoisotopic (exact) mass is 361 g/mol. The van der Waals surface area contributed by atoms with E-state index in [1.54, 1.807) is 43.3 Å². The van der Waals surface area contributed by atoms with E-state index in [0.717, 1.165) is 12.1 Å². The van der Waals surface area contributed by atoms with Crippen molar-refractivity contribution in [3.63, 3.8) is 0 Å². The highest BCUT2D eigenvalue weighted by molar-refractivity contribution is 7.92. The Hall–Kier alpha value is -2.38. The number of aryl methyl sites for hydroxylation is 1. The molecule has 0 heterocycles. The molecule has 0 saturated carbocycles. The van der Waals surface area contributed by atoms with Crippen molar-refractivity contribution in [3.8, 4) is 0 Å². The first-order chi connectivity index (χ1) is 11.8. The summed E-state index contributed by atoms with van der Waals surface area (Å²) >= 11 is 0. The molecule has 0 aliphatic heterocycles. The van der Waals surface area contributed by atoms with Gasteiger partial charge >= 0.3 is 0 Å². The maximum Gasteiger partial charge on any atom is 0.261 e. The number of benzene rings is 2. The largest absolute Gasteiger partial charge is 0.351 e. The summed E-state index contributed by atoms with van der Waals surface area (Å²) in [5, 5.41) is 2.81. The number of hydrogen-bond donors (Lipinski definition) is 2. The van der Waals surface area contributed by atoms with Crippen molar-refractivity contribution in [1.29, 1.82) is 0 Å². The SMILES string of the molecule is Cc1ccc(C(=O)NCCN(C)C)cc1NS(=O)(=O)c1ccccc1. The van der Waals surface area contributed by atoms with Crippen LogP contribution in [0.3, 0.4) is 0 Å². The molecular weight excluding hydrogens is 338 g/mol. The van der Waals surface area contributed by atoms with E-state index in [4.69, 9.17) is 0 Å². The van der Waals surface area contributed by atoms with E-state index in [9.17, 15) is 13.2 Å². The summed E-state index contributed by atoms with van der Waals surface area (Å²) < 4.78 is 27.5. The lowest BCUT2D eigenvalue weighted by Crippen LogP contribution is -2.31. The van der Waals surface area contributed by atoms with Gasteiger partial charge in [0.1, 0.15) is 0 Å². The van der Waals surface area contributed by atoms with Crippen molar-refractivity contribution >= 4 is 21.6 Å². The Bertz CT molecular complexity index is 834. The highest BCUT2D eigenvalue weighted by Crippen LogP contribution is 2.21. The first kappa shape index (κ1) is 19.0. The van der Waals surface area contributed by atoms with Gasteiger partial charge in [-0.15, -0.1) is 0 Å². The predicted molar refractivity (Wildman–Crippen MR) is 99.3 cm³/mol. The molecule has 0 saturated heterocycles. The number of rotatable bonds is 7. The molecule has 0 aromatic heterocycles. The van der Waals surface area contributed by atoms with Gasteiger partial charge in [-0.25, -0.2) is 8.42 Å². The van der Waals surface area contributed by atoms with E-state index in [1.165, 1.54) is 12.1 Å². The van der Waals surface area contributed by atoms with E-state index in [2.05, 4.69) is 10.0 Å². The van der Waals surface area contributed by atoms with Gasteiger partial charge in [-0.3, -0.25) is 9.52 Å². The number of likely N-dealkylation sites (N-methyl/N-ethyl adjacent to an activating group) is 1. The van der Waals surface area contributed by atoms with E-state index in [-0.39, 0.29) is 10.8 Å². The van der Waals surface area contributed by atoms with Crippen LogP contribution in [0.5, 0.6) is 0 Å². The normalized spacial score (nSPS) is 11.4. The van der Waals surface area contributed by atoms with Crippen molar-refractivity contribution < 1.29 is 13.2 Å². The molecular formula is C18H23N3O3S. The Morgan fingerprint density at radius 1 is 1.08 bits per heavy atom. The van der Waals surface area contributed by atoms with Crippen LogP contribution >= 0.6 is 0 Å². The number of sulfonamides is 1. The second-order valence-electron chi connectivity index (χ2n) is 6.01. The fraction of sp³-hybridized carbons (Fsp3) is 0.278. The Kier molecular flexibility index (Phi) is 6.17.